The molecule has 1 aliphatic heterocycles. The summed E-state index contributed by atoms with van der Waals surface area (Å²) in [5.41, 5.74) is 1.80. The molecule has 0 aliphatic carbocycles. The molecule has 2 aromatic carbocycles. The minimum Gasteiger partial charge on any atom is -0.313 e. The lowest BCUT2D eigenvalue weighted by atomic mass is 10.1. The number of nitrogens with one attached hydrogen (secondary N) is 1. The van der Waals surface area contributed by atoms with Crippen LogP contribution in [0.2, 0.25) is 5.02 Å². The quantitative estimate of drug-likeness (QED) is 0.895. The predicted octanol–water partition coefficient (Wildman–Crippen LogP) is 2.86. The normalized spacial score (nSPS) is 18.7. The van der Waals surface area contributed by atoms with Crippen LogP contribution in [0.25, 0.3) is 0 Å². The molecule has 1 aliphatic rings. The zero-order valence-corrected chi connectivity index (χ0v) is 15.3. The molecule has 1 atom stereocenters. The van der Waals surface area contributed by atoms with Crippen molar-refractivity contribution in [1.29, 1.82) is 5.26 Å². The Bertz CT molecular complexity index is 938. The van der Waals surface area contributed by atoms with E-state index in [0.29, 0.717) is 35.8 Å². The molecule has 7 heteroatoms. The van der Waals surface area contributed by atoms with Crippen LogP contribution in [0, 0.1) is 18.3 Å². The van der Waals surface area contributed by atoms with Crippen LogP contribution in [0.5, 0.6) is 0 Å². The maximum absolute atomic E-state index is 13.3. The van der Waals surface area contributed by atoms with Gasteiger partial charge >= 0.3 is 0 Å². The number of piperazine rings is 1. The van der Waals surface area contributed by atoms with E-state index in [0.717, 1.165) is 5.56 Å². The topological polar surface area (TPSA) is 73.2 Å². The summed E-state index contributed by atoms with van der Waals surface area (Å²) in [6, 6.07) is 13.7. The van der Waals surface area contributed by atoms with Crippen LogP contribution in [0.4, 0.5) is 0 Å². The van der Waals surface area contributed by atoms with Gasteiger partial charge < -0.3 is 5.32 Å². The van der Waals surface area contributed by atoms with Gasteiger partial charge in [0.15, 0.2) is 0 Å². The predicted molar refractivity (Wildman–Crippen MR) is 96.8 cm³/mol. The molecule has 1 fully saturated rings. The zero-order chi connectivity index (χ0) is 18.0. The van der Waals surface area contributed by atoms with Crippen LogP contribution < -0.4 is 5.32 Å². The average molecular weight is 376 g/mol. The standard InChI is InChI=1S/C18H18ClN3O2S/c1-13-5-6-14(11-20)9-18(13)25(23,24)22-8-7-21-12-17(22)15-3-2-4-16(19)10-15/h2-6,9-10,17,21H,7-8,12H2,1H3. The van der Waals surface area contributed by atoms with Gasteiger partial charge in [-0.2, -0.15) is 9.57 Å². The summed E-state index contributed by atoms with van der Waals surface area (Å²) >= 11 is 6.08. The lowest BCUT2D eigenvalue weighted by molar-refractivity contribution is 0.271. The molecule has 0 bridgehead atoms. The molecule has 0 amide bonds. The van der Waals surface area contributed by atoms with Gasteiger partial charge in [0, 0.05) is 24.7 Å². The van der Waals surface area contributed by atoms with Gasteiger partial charge in [0.25, 0.3) is 0 Å². The van der Waals surface area contributed by atoms with E-state index in [1.807, 2.05) is 18.2 Å². The molecule has 3 rings (SSSR count). The number of nitriles is 1. The van der Waals surface area contributed by atoms with Crippen molar-refractivity contribution >= 4 is 21.6 Å². The Morgan fingerprint density at radius 3 is 2.80 bits per heavy atom. The highest BCUT2D eigenvalue weighted by Gasteiger charge is 2.35. The third-order valence-corrected chi connectivity index (χ3v) is 6.62. The Hall–Kier alpha value is -1.91. The van der Waals surface area contributed by atoms with E-state index in [1.54, 1.807) is 31.2 Å². The fourth-order valence-electron chi connectivity index (χ4n) is 3.05. The highest BCUT2D eigenvalue weighted by molar-refractivity contribution is 7.89. The molecular formula is C18H18ClN3O2S. The first-order chi connectivity index (χ1) is 11.9. The molecule has 2 aromatic rings. The summed E-state index contributed by atoms with van der Waals surface area (Å²) in [6.45, 7) is 3.18. The van der Waals surface area contributed by atoms with Crippen LogP contribution in [-0.2, 0) is 10.0 Å². The van der Waals surface area contributed by atoms with Crippen molar-refractivity contribution in [2.75, 3.05) is 19.6 Å². The van der Waals surface area contributed by atoms with Gasteiger partial charge in [-0.3, -0.25) is 0 Å². The highest BCUT2D eigenvalue weighted by Crippen LogP contribution is 2.31. The number of nitrogens with zero attached hydrogens (tertiary/aromatic N) is 2. The Morgan fingerprint density at radius 1 is 1.28 bits per heavy atom. The first-order valence-electron chi connectivity index (χ1n) is 7.92. The molecule has 1 unspecified atom stereocenters. The SMILES string of the molecule is Cc1ccc(C#N)cc1S(=O)(=O)N1CCNCC1c1cccc(Cl)c1. The minimum atomic E-state index is -3.74. The number of benzene rings is 2. The Balaban J connectivity index is 2.07. The maximum atomic E-state index is 13.3. The fraction of sp³-hybridized carbons (Fsp3) is 0.278. The van der Waals surface area contributed by atoms with Gasteiger partial charge in [0.2, 0.25) is 10.0 Å². The zero-order valence-electron chi connectivity index (χ0n) is 13.7. The van der Waals surface area contributed by atoms with E-state index < -0.39 is 10.0 Å². The van der Waals surface area contributed by atoms with E-state index >= 15 is 0 Å². The van der Waals surface area contributed by atoms with Crippen molar-refractivity contribution in [3.8, 4) is 6.07 Å². The van der Waals surface area contributed by atoms with Crippen LogP contribution in [0.15, 0.2) is 47.4 Å². The summed E-state index contributed by atoms with van der Waals surface area (Å²) in [7, 11) is -3.74. The largest absolute Gasteiger partial charge is 0.313 e. The monoisotopic (exact) mass is 375 g/mol. The highest BCUT2D eigenvalue weighted by atomic mass is 35.5. The number of aryl methyl sites for hydroxylation is 1. The Morgan fingerprint density at radius 2 is 2.08 bits per heavy atom. The van der Waals surface area contributed by atoms with Gasteiger partial charge in [-0.15, -0.1) is 0 Å². The van der Waals surface area contributed by atoms with E-state index in [2.05, 4.69) is 5.32 Å². The van der Waals surface area contributed by atoms with Crippen molar-refractivity contribution in [2.45, 2.75) is 17.9 Å². The second kappa shape index (κ2) is 7.14. The first-order valence-corrected chi connectivity index (χ1v) is 9.74. The van der Waals surface area contributed by atoms with E-state index in [4.69, 9.17) is 16.9 Å². The van der Waals surface area contributed by atoms with Crippen LogP contribution in [-0.4, -0.2) is 32.4 Å². The smallest absolute Gasteiger partial charge is 0.244 e. The molecule has 0 aromatic heterocycles. The second-order valence-electron chi connectivity index (χ2n) is 5.98. The number of sulfonamides is 1. The Kier molecular flexibility index (Phi) is 5.11. The average Bonchev–Trinajstić information content (AvgIpc) is 2.62. The van der Waals surface area contributed by atoms with E-state index in [9.17, 15) is 8.42 Å². The van der Waals surface area contributed by atoms with Crippen LogP contribution in [0.3, 0.4) is 0 Å². The lowest BCUT2D eigenvalue weighted by Crippen LogP contribution is -2.48. The summed E-state index contributed by atoms with van der Waals surface area (Å²) in [5, 5.41) is 12.9. The molecule has 25 heavy (non-hydrogen) atoms. The molecule has 0 radical (unpaired) electrons. The second-order valence-corrected chi connectivity index (χ2v) is 8.28. The third kappa shape index (κ3) is 3.55. The van der Waals surface area contributed by atoms with Crippen LogP contribution >= 0.6 is 11.6 Å². The van der Waals surface area contributed by atoms with Crippen molar-refractivity contribution in [2.24, 2.45) is 0 Å². The van der Waals surface area contributed by atoms with Crippen molar-refractivity contribution < 1.29 is 8.42 Å². The fourth-order valence-corrected chi connectivity index (χ4v) is 5.11. The Labute approximate surface area is 152 Å². The number of hydrogen-bond acceptors (Lipinski definition) is 4. The molecule has 130 valence electrons. The molecule has 1 N–H and O–H groups in total. The van der Waals surface area contributed by atoms with Crippen molar-refractivity contribution in [3.63, 3.8) is 0 Å². The van der Waals surface area contributed by atoms with E-state index in [-0.39, 0.29) is 10.9 Å². The molecule has 0 spiro atoms. The molecular weight excluding hydrogens is 358 g/mol. The molecule has 1 heterocycles. The summed E-state index contributed by atoms with van der Waals surface area (Å²) in [6.07, 6.45) is 0. The van der Waals surface area contributed by atoms with Crippen LogP contribution in [0.1, 0.15) is 22.7 Å². The number of hydrogen-bond donors (Lipinski definition) is 1. The van der Waals surface area contributed by atoms with Gasteiger partial charge in [0.1, 0.15) is 0 Å². The van der Waals surface area contributed by atoms with Gasteiger partial charge in [0.05, 0.1) is 22.6 Å². The lowest BCUT2D eigenvalue weighted by Gasteiger charge is -2.35. The third-order valence-electron chi connectivity index (χ3n) is 4.33. The summed E-state index contributed by atoms with van der Waals surface area (Å²) < 4.78 is 28.1. The van der Waals surface area contributed by atoms with Crippen molar-refractivity contribution in [3.05, 3.63) is 64.2 Å². The number of rotatable bonds is 3. The van der Waals surface area contributed by atoms with Crippen molar-refractivity contribution in [1.82, 2.24) is 9.62 Å². The molecule has 5 nitrogen and oxygen atoms in total. The number of halogens is 1. The molecule has 1 saturated heterocycles. The minimum absolute atomic E-state index is 0.181. The summed E-state index contributed by atoms with van der Waals surface area (Å²) in [4.78, 5) is 0.181. The van der Waals surface area contributed by atoms with Gasteiger partial charge in [-0.25, -0.2) is 8.42 Å². The molecule has 0 saturated carbocycles. The summed E-state index contributed by atoms with van der Waals surface area (Å²) in [5.74, 6) is 0. The van der Waals surface area contributed by atoms with E-state index in [1.165, 1.54) is 10.4 Å². The first kappa shape index (κ1) is 17.9. The van der Waals surface area contributed by atoms with Gasteiger partial charge in [-0.1, -0.05) is 29.8 Å². The van der Waals surface area contributed by atoms with Gasteiger partial charge in [-0.05, 0) is 42.3 Å². The maximum Gasteiger partial charge on any atom is 0.244 e.